The molecular weight excluding hydrogens is 240 g/mol. The normalized spacial score (nSPS) is 13.1. The van der Waals surface area contributed by atoms with E-state index >= 15 is 0 Å². The molecule has 0 aromatic carbocycles. The molecule has 0 saturated heterocycles. The molecule has 19 heavy (non-hydrogen) atoms. The van der Waals surface area contributed by atoms with Gasteiger partial charge in [-0.25, -0.2) is 0 Å². The van der Waals surface area contributed by atoms with E-state index in [1.807, 2.05) is 55.4 Å². The summed E-state index contributed by atoms with van der Waals surface area (Å²) in [4.78, 5) is 12.3. The molecule has 3 heteroatoms. The monoisotopic (exact) mass is 270 g/mol. The highest BCUT2D eigenvalue weighted by atomic mass is 16.6. The van der Waals surface area contributed by atoms with Crippen molar-refractivity contribution in [1.29, 1.82) is 0 Å². The summed E-state index contributed by atoms with van der Waals surface area (Å²) < 4.78 is 11.0. The van der Waals surface area contributed by atoms with Crippen molar-refractivity contribution in [2.24, 2.45) is 10.8 Å². The zero-order valence-electron chi connectivity index (χ0n) is 13.8. The van der Waals surface area contributed by atoms with Crippen LogP contribution in [0.15, 0.2) is 12.3 Å². The fourth-order valence-corrected chi connectivity index (χ4v) is 1.21. The van der Waals surface area contributed by atoms with Crippen molar-refractivity contribution in [1.82, 2.24) is 0 Å². The van der Waals surface area contributed by atoms with Crippen LogP contribution in [0.25, 0.3) is 0 Å². The second kappa shape index (κ2) is 5.98. The number of hydrogen-bond acceptors (Lipinski definition) is 3. The Morgan fingerprint density at radius 1 is 1.05 bits per heavy atom. The van der Waals surface area contributed by atoms with E-state index in [2.05, 4.69) is 6.58 Å². The van der Waals surface area contributed by atoms with Gasteiger partial charge in [0, 0.05) is 6.42 Å². The first kappa shape index (κ1) is 18.0. The smallest absolute Gasteiger partial charge is 0.312 e. The molecule has 0 atom stereocenters. The van der Waals surface area contributed by atoms with E-state index in [0.29, 0.717) is 18.8 Å². The van der Waals surface area contributed by atoms with Gasteiger partial charge >= 0.3 is 5.97 Å². The topological polar surface area (TPSA) is 35.5 Å². The Labute approximate surface area is 118 Å². The highest BCUT2D eigenvalue weighted by molar-refractivity contribution is 5.77. The van der Waals surface area contributed by atoms with Gasteiger partial charge in [-0.2, -0.15) is 0 Å². The van der Waals surface area contributed by atoms with Gasteiger partial charge < -0.3 is 9.47 Å². The summed E-state index contributed by atoms with van der Waals surface area (Å²) in [5, 5.41) is 0. The quantitative estimate of drug-likeness (QED) is 0.532. The summed E-state index contributed by atoms with van der Waals surface area (Å²) >= 11 is 0. The average Bonchev–Trinajstić information content (AvgIpc) is 2.13. The second-order valence-electron chi connectivity index (χ2n) is 7.32. The number of esters is 1. The van der Waals surface area contributed by atoms with Crippen molar-refractivity contribution in [3.05, 3.63) is 12.3 Å². The summed E-state index contributed by atoms with van der Waals surface area (Å²) in [5.41, 5.74) is -1.21. The second-order valence-corrected chi connectivity index (χ2v) is 7.32. The van der Waals surface area contributed by atoms with E-state index in [4.69, 9.17) is 9.47 Å². The molecule has 0 spiro atoms. The largest absolute Gasteiger partial charge is 0.499 e. The van der Waals surface area contributed by atoms with Crippen LogP contribution in [0.5, 0.6) is 0 Å². The number of ether oxygens (including phenoxy) is 2. The van der Waals surface area contributed by atoms with Crippen LogP contribution in [0, 0.1) is 10.8 Å². The summed E-state index contributed by atoms with van der Waals surface area (Å²) in [6.07, 6.45) is 0.645. The molecule has 0 rings (SSSR count). The molecule has 0 heterocycles. The Morgan fingerprint density at radius 3 is 1.89 bits per heavy atom. The SMILES string of the molecule is C=C(C)OCCC(C)(C)OC(=O)C(C)(C)C(C)(C)C. The Balaban J connectivity index is 4.58. The third kappa shape index (κ3) is 5.66. The minimum Gasteiger partial charge on any atom is -0.499 e. The highest BCUT2D eigenvalue weighted by Gasteiger charge is 2.43. The molecule has 0 fully saturated rings. The van der Waals surface area contributed by atoms with Crippen LogP contribution < -0.4 is 0 Å². The van der Waals surface area contributed by atoms with Gasteiger partial charge in [0.1, 0.15) is 5.60 Å². The molecule has 0 N–H and O–H groups in total. The molecule has 0 bridgehead atoms. The summed E-state index contributed by atoms with van der Waals surface area (Å²) in [6.45, 7) is 19.8. The van der Waals surface area contributed by atoms with Crippen molar-refractivity contribution < 1.29 is 14.3 Å². The van der Waals surface area contributed by atoms with Crippen LogP contribution in [0.3, 0.4) is 0 Å². The van der Waals surface area contributed by atoms with Gasteiger partial charge in [-0.1, -0.05) is 27.4 Å². The molecule has 0 aliphatic heterocycles. The molecule has 0 aliphatic carbocycles. The van der Waals surface area contributed by atoms with E-state index in [1.54, 1.807) is 0 Å². The fourth-order valence-electron chi connectivity index (χ4n) is 1.21. The molecule has 112 valence electrons. The van der Waals surface area contributed by atoms with Crippen molar-refractivity contribution in [2.45, 2.75) is 67.4 Å². The van der Waals surface area contributed by atoms with E-state index < -0.39 is 11.0 Å². The van der Waals surface area contributed by atoms with Gasteiger partial charge in [-0.15, -0.1) is 0 Å². The molecule has 0 aromatic rings. The average molecular weight is 270 g/mol. The zero-order chi connectivity index (χ0) is 15.5. The predicted octanol–water partition coefficient (Wildman–Crippen LogP) is 4.32. The number of hydrogen-bond donors (Lipinski definition) is 0. The molecule has 3 nitrogen and oxygen atoms in total. The third-order valence-electron chi connectivity index (χ3n) is 3.81. The van der Waals surface area contributed by atoms with Gasteiger partial charge in [-0.3, -0.25) is 4.79 Å². The molecular formula is C16H30O3. The summed E-state index contributed by atoms with van der Waals surface area (Å²) in [7, 11) is 0. The van der Waals surface area contributed by atoms with Crippen LogP contribution in [0.1, 0.15) is 61.8 Å². The number of allylic oxidation sites excluding steroid dienone is 1. The van der Waals surface area contributed by atoms with Crippen LogP contribution in [-0.4, -0.2) is 18.2 Å². The maximum absolute atomic E-state index is 12.3. The number of carbonyl (C=O) groups is 1. The van der Waals surface area contributed by atoms with Gasteiger partial charge in [0.25, 0.3) is 0 Å². The molecule has 0 saturated carbocycles. The maximum Gasteiger partial charge on any atom is 0.312 e. The summed E-state index contributed by atoms with van der Waals surface area (Å²) in [6, 6.07) is 0. The zero-order valence-corrected chi connectivity index (χ0v) is 13.8. The van der Waals surface area contributed by atoms with E-state index in [0.717, 1.165) is 0 Å². The first-order valence-electron chi connectivity index (χ1n) is 6.81. The Kier molecular flexibility index (Phi) is 5.66. The lowest BCUT2D eigenvalue weighted by Gasteiger charge is -2.39. The van der Waals surface area contributed by atoms with Crippen molar-refractivity contribution in [3.8, 4) is 0 Å². The van der Waals surface area contributed by atoms with Crippen LogP contribution in [0.2, 0.25) is 0 Å². The predicted molar refractivity (Wildman–Crippen MR) is 78.8 cm³/mol. The van der Waals surface area contributed by atoms with Crippen molar-refractivity contribution in [3.63, 3.8) is 0 Å². The lowest BCUT2D eigenvalue weighted by molar-refractivity contribution is -0.174. The molecule has 0 radical (unpaired) electrons. The van der Waals surface area contributed by atoms with Crippen LogP contribution >= 0.6 is 0 Å². The van der Waals surface area contributed by atoms with Gasteiger partial charge in [0.05, 0.1) is 17.8 Å². The standard InChI is InChI=1S/C16H30O3/c1-12(2)18-11-10-15(6,7)19-13(17)16(8,9)14(3,4)5/h1,10-11H2,2-9H3. The van der Waals surface area contributed by atoms with Crippen molar-refractivity contribution >= 4 is 5.97 Å². The number of carbonyl (C=O) groups excluding carboxylic acids is 1. The van der Waals surface area contributed by atoms with E-state index in [1.165, 1.54) is 0 Å². The third-order valence-corrected chi connectivity index (χ3v) is 3.81. The van der Waals surface area contributed by atoms with Gasteiger partial charge in [0.15, 0.2) is 0 Å². The first-order valence-corrected chi connectivity index (χ1v) is 6.81. The fraction of sp³-hybridized carbons (Fsp3) is 0.812. The van der Waals surface area contributed by atoms with Crippen LogP contribution in [0.4, 0.5) is 0 Å². The molecule has 0 amide bonds. The van der Waals surface area contributed by atoms with E-state index in [9.17, 15) is 4.79 Å². The maximum atomic E-state index is 12.3. The lowest BCUT2D eigenvalue weighted by Crippen LogP contribution is -2.43. The van der Waals surface area contributed by atoms with Crippen molar-refractivity contribution in [2.75, 3.05) is 6.61 Å². The molecule has 0 aliphatic rings. The highest BCUT2D eigenvalue weighted by Crippen LogP contribution is 2.40. The molecule has 0 unspecified atom stereocenters. The van der Waals surface area contributed by atoms with Gasteiger partial charge in [0.2, 0.25) is 0 Å². The van der Waals surface area contributed by atoms with Gasteiger partial charge in [-0.05, 0) is 40.0 Å². The number of rotatable bonds is 6. The van der Waals surface area contributed by atoms with Crippen LogP contribution in [-0.2, 0) is 14.3 Å². The minimum atomic E-state index is -0.533. The lowest BCUT2D eigenvalue weighted by atomic mass is 9.69. The Hall–Kier alpha value is -0.990. The Morgan fingerprint density at radius 2 is 1.53 bits per heavy atom. The Bertz CT molecular complexity index is 332. The summed E-state index contributed by atoms with van der Waals surface area (Å²) in [5.74, 6) is 0.512. The molecule has 0 aromatic heterocycles. The first-order chi connectivity index (χ1) is 8.29. The minimum absolute atomic E-state index is 0.144. The van der Waals surface area contributed by atoms with E-state index in [-0.39, 0.29) is 11.4 Å².